The number of fused-ring (bicyclic) bond motifs is 1. The second kappa shape index (κ2) is 5.62. The first-order chi connectivity index (χ1) is 9.65. The summed E-state index contributed by atoms with van der Waals surface area (Å²) in [7, 11) is 1.81. The van der Waals surface area contributed by atoms with Crippen molar-refractivity contribution in [3.05, 3.63) is 0 Å². The minimum absolute atomic E-state index is 0.313. The molecule has 114 valence electrons. The predicted molar refractivity (Wildman–Crippen MR) is 77.8 cm³/mol. The molecule has 2 atom stereocenters. The van der Waals surface area contributed by atoms with E-state index in [0.29, 0.717) is 18.5 Å². The zero-order valence-electron chi connectivity index (χ0n) is 12.5. The van der Waals surface area contributed by atoms with Crippen molar-refractivity contribution in [2.75, 3.05) is 39.8 Å². The number of carbonyl (C=O) groups is 1. The number of nitrogens with zero attached hydrogens (tertiary/aromatic N) is 2. The molecule has 0 bridgehead atoms. The van der Waals surface area contributed by atoms with Crippen LogP contribution in [0.5, 0.6) is 0 Å². The minimum Gasteiger partial charge on any atom is -0.480 e. The van der Waals surface area contributed by atoms with Crippen LogP contribution in [0.15, 0.2) is 0 Å². The molecule has 3 aliphatic rings. The third kappa shape index (κ3) is 2.59. The Kier molecular flexibility index (Phi) is 4.02. The van der Waals surface area contributed by atoms with Gasteiger partial charge < -0.3 is 10.4 Å². The van der Waals surface area contributed by atoms with Crippen LogP contribution >= 0.6 is 0 Å². The van der Waals surface area contributed by atoms with Crippen molar-refractivity contribution in [1.82, 2.24) is 15.1 Å². The van der Waals surface area contributed by atoms with E-state index >= 15 is 0 Å². The van der Waals surface area contributed by atoms with Crippen LogP contribution in [-0.2, 0) is 4.79 Å². The van der Waals surface area contributed by atoms with Gasteiger partial charge in [-0.3, -0.25) is 14.6 Å². The number of rotatable bonds is 5. The Bertz CT molecular complexity index is 372. The van der Waals surface area contributed by atoms with E-state index in [1.54, 1.807) is 0 Å². The molecule has 2 unspecified atom stereocenters. The normalized spacial score (nSPS) is 31.6. The molecule has 0 aromatic heterocycles. The molecule has 2 N–H and O–H groups in total. The van der Waals surface area contributed by atoms with Crippen molar-refractivity contribution in [3.8, 4) is 0 Å². The molecule has 0 amide bonds. The van der Waals surface area contributed by atoms with Crippen LogP contribution in [0.4, 0.5) is 0 Å². The van der Waals surface area contributed by atoms with E-state index in [1.807, 2.05) is 7.05 Å². The van der Waals surface area contributed by atoms with Crippen molar-refractivity contribution in [3.63, 3.8) is 0 Å². The highest BCUT2D eigenvalue weighted by Gasteiger charge is 2.51. The highest BCUT2D eigenvalue weighted by Crippen LogP contribution is 2.40. The number of likely N-dealkylation sites (N-methyl/N-ethyl adjacent to an activating group) is 1. The molecule has 2 saturated heterocycles. The maximum Gasteiger partial charge on any atom is 0.325 e. The molecule has 5 nitrogen and oxygen atoms in total. The van der Waals surface area contributed by atoms with Crippen LogP contribution in [0.3, 0.4) is 0 Å². The molecule has 2 aliphatic heterocycles. The molecule has 1 aliphatic carbocycles. The second-order valence-corrected chi connectivity index (χ2v) is 6.72. The SMILES string of the molecule is CNC(CN1CCCN2CCCC2C1)(C(=O)O)C1CC1. The average molecular weight is 281 g/mol. The Morgan fingerprint density at radius 3 is 2.65 bits per heavy atom. The van der Waals surface area contributed by atoms with Crippen molar-refractivity contribution in [1.29, 1.82) is 0 Å². The molecular weight excluding hydrogens is 254 g/mol. The number of hydrogen-bond acceptors (Lipinski definition) is 4. The summed E-state index contributed by atoms with van der Waals surface area (Å²) in [6, 6.07) is 0.653. The van der Waals surface area contributed by atoms with Gasteiger partial charge >= 0.3 is 5.97 Å². The summed E-state index contributed by atoms with van der Waals surface area (Å²) in [4.78, 5) is 16.8. The van der Waals surface area contributed by atoms with Gasteiger partial charge in [-0.25, -0.2) is 0 Å². The van der Waals surface area contributed by atoms with Crippen molar-refractivity contribution < 1.29 is 9.90 Å². The fourth-order valence-electron chi connectivity index (χ4n) is 4.12. The van der Waals surface area contributed by atoms with E-state index in [9.17, 15) is 9.90 Å². The number of aliphatic carboxylic acids is 1. The minimum atomic E-state index is -0.728. The molecule has 3 fully saturated rings. The third-order valence-corrected chi connectivity index (χ3v) is 5.46. The smallest absolute Gasteiger partial charge is 0.325 e. The van der Waals surface area contributed by atoms with E-state index in [-0.39, 0.29) is 0 Å². The van der Waals surface area contributed by atoms with Crippen molar-refractivity contribution in [2.24, 2.45) is 5.92 Å². The van der Waals surface area contributed by atoms with Gasteiger partial charge in [0.05, 0.1) is 0 Å². The van der Waals surface area contributed by atoms with Gasteiger partial charge in [-0.05, 0) is 64.7 Å². The summed E-state index contributed by atoms with van der Waals surface area (Å²) >= 11 is 0. The highest BCUT2D eigenvalue weighted by atomic mass is 16.4. The maximum atomic E-state index is 11.8. The van der Waals surface area contributed by atoms with E-state index in [1.165, 1.54) is 32.4 Å². The molecule has 1 saturated carbocycles. The Balaban J connectivity index is 1.69. The summed E-state index contributed by atoms with van der Waals surface area (Å²) < 4.78 is 0. The molecule has 5 heteroatoms. The average Bonchev–Trinajstić information content (AvgIpc) is 3.21. The van der Waals surface area contributed by atoms with Gasteiger partial charge in [0, 0.05) is 19.1 Å². The molecule has 0 aromatic carbocycles. The maximum absolute atomic E-state index is 11.8. The first-order valence-electron chi connectivity index (χ1n) is 8.04. The standard InChI is InChI=1S/C15H27N3O2/c1-16-15(14(19)20,12-5-6-12)11-17-7-3-9-18-8-2-4-13(18)10-17/h12-13,16H,2-11H2,1H3,(H,19,20). The Hall–Kier alpha value is -0.650. The molecule has 2 heterocycles. The number of hydrogen-bond donors (Lipinski definition) is 2. The zero-order valence-corrected chi connectivity index (χ0v) is 12.5. The summed E-state index contributed by atoms with van der Waals surface area (Å²) in [5, 5.41) is 12.9. The van der Waals surface area contributed by atoms with Crippen LogP contribution in [0.2, 0.25) is 0 Å². The zero-order chi connectivity index (χ0) is 14.2. The molecule has 0 spiro atoms. The molecule has 3 rings (SSSR count). The van der Waals surface area contributed by atoms with E-state index in [0.717, 1.165) is 25.9 Å². The first-order valence-corrected chi connectivity index (χ1v) is 8.04. The summed E-state index contributed by atoms with van der Waals surface area (Å²) in [6.07, 6.45) is 5.85. The van der Waals surface area contributed by atoms with E-state index in [4.69, 9.17) is 0 Å². The second-order valence-electron chi connectivity index (χ2n) is 6.72. The molecule has 0 radical (unpaired) electrons. The van der Waals surface area contributed by atoms with E-state index in [2.05, 4.69) is 15.1 Å². The first kappa shape index (κ1) is 14.3. The lowest BCUT2D eigenvalue weighted by Crippen LogP contribution is -2.60. The van der Waals surface area contributed by atoms with Crippen LogP contribution in [-0.4, -0.2) is 72.2 Å². The largest absolute Gasteiger partial charge is 0.480 e. The fourth-order valence-corrected chi connectivity index (χ4v) is 4.12. The Labute approximate surface area is 121 Å². The summed E-state index contributed by atoms with van der Waals surface area (Å²) in [5.74, 6) is -0.358. The summed E-state index contributed by atoms with van der Waals surface area (Å²) in [6.45, 7) is 5.16. The lowest BCUT2D eigenvalue weighted by molar-refractivity contribution is -0.146. The fraction of sp³-hybridized carbons (Fsp3) is 0.933. The monoisotopic (exact) mass is 281 g/mol. The number of carboxylic acid groups (broad SMARTS) is 1. The molecule has 20 heavy (non-hydrogen) atoms. The molecule has 0 aromatic rings. The van der Waals surface area contributed by atoms with Crippen LogP contribution in [0, 0.1) is 5.92 Å². The van der Waals surface area contributed by atoms with Gasteiger partial charge in [0.25, 0.3) is 0 Å². The van der Waals surface area contributed by atoms with E-state index < -0.39 is 11.5 Å². The van der Waals surface area contributed by atoms with Gasteiger partial charge in [-0.15, -0.1) is 0 Å². The Morgan fingerprint density at radius 2 is 2.00 bits per heavy atom. The Morgan fingerprint density at radius 1 is 1.25 bits per heavy atom. The number of carboxylic acids is 1. The number of nitrogens with one attached hydrogen (secondary N) is 1. The summed E-state index contributed by atoms with van der Waals surface area (Å²) in [5.41, 5.74) is -0.728. The lowest BCUT2D eigenvalue weighted by atomic mass is 9.92. The quantitative estimate of drug-likeness (QED) is 0.773. The topological polar surface area (TPSA) is 55.8 Å². The van der Waals surface area contributed by atoms with Crippen molar-refractivity contribution in [2.45, 2.75) is 43.7 Å². The van der Waals surface area contributed by atoms with Crippen molar-refractivity contribution >= 4 is 5.97 Å². The van der Waals surface area contributed by atoms with Gasteiger partial charge in [-0.2, -0.15) is 0 Å². The predicted octanol–water partition coefficient (Wildman–Crippen LogP) is 0.609. The van der Waals surface area contributed by atoms with Crippen LogP contribution < -0.4 is 5.32 Å². The van der Waals surface area contributed by atoms with Crippen LogP contribution in [0.25, 0.3) is 0 Å². The third-order valence-electron chi connectivity index (χ3n) is 5.46. The van der Waals surface area contributed by atoms with Crippen LogP contribution in [0.1, 0.15) is 32.1 Å². The lowest BCUT2D eigenvalue weighted by Gasteiger charge is -2.36. The highest BCUT2D eigenvalue weighted by molar-refractivity contribution is 5.80. The van der Waals surface area contributed by atoms with Gasteiger partial charge in [0.2, 0.25) is 0 Å². The van der Waals surface area contributed by atoms with Gasteiger partial charge in [-0.1, -0.05) is 0 Å². The molecular formula is C15H27N3O2. The van der Waals surface area contributed by atoms with Gasteiger partial charge in [0.15, 0.2) is 0 Å². The van der Waals surface area contributed by atoms with Gasteiger partial charge in [0.1, 0.15) is 5.54 Å².